The quantitative estimate of drug-likeness (QED) is 0.680. The monoisotopic (exact) mass is 277 g/mol. The first-order chi connectivity index (χ1) is 4.34. The van der Waals surface area contributed by atoms with Crippen LogP contribution in [0.5, 0.6) is 0 Å². The Morgan fingerprint density at radius 3 is 2.60 bits per heavy atom. The number of rotatable bonds is 2. The molecule has 2 heteroatoms. The number of hydrogen-bond donors (Lipinski definition) is 0. The predicted molar refractivity (Wildman–Crippen MR) is 44.0 cm³/mol. The van der Waals surface area contributed by atoms with Gasteiger partial charge in [-0.1, -0.05) is 25.2 Å². The molecule has 1 fully saturated rings. The summed E-state index contributed by atoms with van der Waals surface area (Å²) in [7, 11) is 0. The second kappa shape index (κ2) is 6.14. The Morgan fingerprint density at radius 2 is 2.20 bits per heavy atom. The standard InChI is InChI=1S/C8H13Br.Y/c1-7-3-2-4-8(7)5-6-9;/h6-8H,1-5H2;/q-2;. The summed E-state index contributed by atoms with van der Waals surface area (Å²) in [5, 5.41) is 2.08. The van der Waals surface area contributed by atoms with Crippen LogP contribution in [-0.2, 0) is 32.7 Å². The maximum absolute atomic E-state index is 4.10. The summed E-state index contributed by atoms with van der Waals surface area (Å²) in [6, 6.07) is 0. The molecule has 57 valence electrons. The first-order valence-corrected chi connectivity index (χ1v) is 4.51. The van der Waals surface area contributed by atoms with E-state index in [1.807, 2.05) is 0 Å². The van der Waals surface area contributed by atoms with Gasteiger partial charge in [-0.05, 0) is 0 Å². The molecule has 1 aliphatic carbocycles. The zero-order valence-electron chi connectivity index (χ0n) is 6.22. The molecular weight excluding hydrogens is 265 g/mol. The summed E-state index contributed by atoms with van der Waals surface area (Å²) in [5.41, 5.74) is 0. The fourth-order valence-electron chi connectivity index (χ4n) is 1.54. The first kappa shape index (κ1) is 11.6. The molecule has 0 heterocycles. The van der Waals surface area contributed by atoms with E-state index in [0.717, 1.165) is 11.8 Å². The van der Waals surface area contributed by atoms with Gasteiger partial charge in [0.1, 0.15) is 0 Å². The van der Waals surface area contributed by atoms with Crippen molar-refractivity contribution in [2.45, 2.75) is 25.7 Å². The first-order valence-electron chi connectivity index (χ1n) is 3.59. The van der Waals surface area contributed by atoms with Crippen LogP contribution in [0.1, 0.15) is 25.7 Å². The third-order valence-electron chi connectivity index (χ3n) is 2.21. The van der Waals surface area contributed by atoms with Gasteiger partial charge in [0.25, 0.3) is 0 Å². The maximum Gasteiger partial charge on any atom is 0 e. The van der Waals surface area contributed by atoms with Crippen LogP contribution in [0, 0.1) is 24.1 Å². The van der Waals surface area contributed by atoms with Gasteiger partial charge in [0.05, 0.1) is 0 Å². The van der Waals surface area contributed by atoms with Crippen molar-refractivity contribution in [3.8, 4) is 0 Å². The minimum atomic E-state index is 0. The predicted octanol–water partition coefficient (Wildman–Crippen LogP) is 3.18. The topological polar surface area (TPSA) is 0 Å². The molecule has 0 aromatic carbocycles. The molecule has 0 aromatic rings. The van der Waals surface area contributed by atoms with Crippen molar-refractivity contribution in [1.29, 1.82) is 0 Å². The Kier molecular flexibility index (Phi) is 7.11. The summed E-state index contributed by atoms with van der Waals surface area (Å²) in [6.45, 7) is 4.10. The Balaban J connectivity index is 0.000000810. The maximum atomic E-state index is 4.10. The molecule has 0 nitrogen and oxygen atoms in total. The van der Waals surface area contributed by atoms with Crippen molar-refractivity contribution in [3.63, 3.8) is 0 Å². The average molecular weight is 278 g/mol. The smallest absolute Gasteiger partial charge is 0 e. The van der Waals surface area contributed by atoms with E-state index in [-0.39, 0.29) is 32.7 Å². The van der Waals surface area contributed by atoms with E-state index in [1.54, 1.807) is 0 Å². The van der Waals surface area contributed by atoms with Crippen LogP contribution in [0.2, 0.25) is 0 Å². The fourth-order valence-corrected chi connectivity index (χ4v) is 2.02. The molecule has 0 spiro atoms. The van der Waals surface area contributed by atoms with Gasteiger partial charge in [-0.25, -0.2) is 0 Å². The van der Waals surface area contributed by atoms with Crippen LogP contribution >= 0.6 is 15.9 Å². The van der Waals surface area contributed by atoms with Gasteiger partial charge in [-0.3, -0.25) is 5.33 Å². The molecule has 0 saturated heterocycles. The average Bonchev–Trinajstić information content (AvgIpc) is 2.18. The van der Waals surface area contributed by atoms with Gasteiger partial charge in [-0.2, -0.15) is 12.3 Å². The van der Waals surface area contributed by atoms with Crippen molar-refractivity contribution in [3.05, 3.63) is 12.3 Å². The number of hydrogen-bond acceptors (Lipinski definition) is 0. The summed E-state index contributed by atoms with van der Waals surface area (Å²) >= 11 is 3.33. The summed E-state index contributed by atoms with van der Waals surface area (Å²) in [6.07, 6.45) is 5.32. The van der Waals surface area contributed by atoms with Gasteiger partial charge in [-0.15, -0.1) is 0 Å². The minimum Gasteiger partial charge on any atom is -0.340 e. The Morgan fingerprint density at radius 1 is 1.50 bits per heavy atom. The molecule has 1 rings (SSSR count). The third-order valence-corrected chi connectivity index (χ3v) is 2.58. The van der Waals surface area contributed by atoms with Crippen LogP contribution in [-0.4, -0.2) is 0 Å². The molecule has 2 atom stereocenters. The number of halogens is 1. The van der Waals surface area contributed by atoms with Crippen LogP contribution < -0.4 is 0 Å². The molecule has 10 heavy (non-hydrogen) atoms. The third kappa shape index (κ3) is 3.32. The molecule has 0 aromatic heterocycles. The fraction of sp³-hybridized carbons (Fsp3) is 0.750. The van der Waals surface area contributed by atoms with E-state index in [4.69, 9.17) is 0 Å². The van der Waals surface area contributed by atoms with E-state index >= 15 is 0 Å². The van der Waals surface area contributed by atoms with Crippen LogP contribution in [0.25, 0.3) is 0 Å². The molecule has 0 bridgehead atoms. The van der Waals surface area contributed by atoms with Gasteiger partial charge in [0, 0.05) is 32.7 Å². The Hall–Kier alpha value is 1.58. The molecular formula is C8H13BrY-2. The summed E-state index contributed by atoms with van der Waals surface area (Å²) < 4.78 is 0. The van der Waals surface area contributed by atoms with Crippen molar-refractivity contribution >= 4 is 15.9 Å². The zero-order chi connectivity index (χ0) is 6.69. The van der Waals surface area contributed by atoms with Gasteiger partial charge in [0.15, 0.2) is 0 Å². The van der Waals surface area contributed by atoms with Crippen LogP contribution in [0.15, 0.2) is 0 Å². The summed E-state index contributed by atoms with van der Waals surface area (Å²) in [4.78, 5) is 0. The largest absolute Gasteiger partial charge is 0.340 e. The molecule has 1 radical (unpaired) electrons. The van der Waals surface area contributed by atoms with Crippen molar-refractivity contribution in [1.82, 2.24) is 0 Å². The zero-order valence-corrected chi connectivity index (χ0v) is 10.6. The Bertz CT molecular complexity index is 85.3. The van der Waals surface area contributed by atoms with Crippen molar-refractivity contribution < 1.29 is 32.7 Å². The second-order valence-electron chi connectivity index (χ2n) is 2.84. The minimum absolute atomic E-state index is 0. The SMILES string of the molecule is [CH2-]C1CCCC1C[CH-]Br.[Y]. The van der Waals surface area contributed by atoms with Gasteiger partial charge in [0.2, 0.25) is 0 Å². The van der Waals surface area contributed by atoms with Crippen molar-refractivity contribution in [2.75, 3.05) is 0 Å². The molecule has 1 saturated carbocycles. The van der Waals surface area contributed by atoms with Crippen molar-refractivity contribution in [2.24, 2.45) is 11.8 Å². The van der Waals surface area contributed by atoms with E-state index in [9.17, 15) is 0 Å². The van der Waals surface area contributed by atoms with Crippen LogP contribution in [0.3, 0.4) is 0 Å². The second-order valence-corrected chi connectivity index (χ2v) is 3.49. The van der Waals surface area contributed by atoms with Gasteiger partial charge < -0.3 is 22.9 Å². The molecule has 0 amide bonds. The summed E-state index contributed by atoms with van der Waals surface area (Å²) in [5.74, 6) is 1.59. The Labute approximate surface area is 97.5 Å². The normalized spacial score (nSPS) is 31.8. The molecule has 2 unspecified atom stereocenters. The van der Waals surface area contributed by atoms with E-state index in [1.165, 1.54) is 25.7 Å². The van der Waals surface area contributed by atoms with E-state index < -0.39 is 0 Å². The molecule has 0 aliphatic heterocycles. The molecule has 1 aliphatic rings. The van der Waals surface area contributed by atoms with E-state index in [2.05, 4.69) is 28.2 Å². The van der Waals surface area contributed by atoms with Crippen LogP contribution in [0.4, 0.5) is 0 Å². The molecule has 0 N–H and O–H groups in total. The van der Waals surface area contributed by atoms with Gasteiger partial charge >= 0.3 is 0 Å². The van der Waals surface area contributed by atoms with E-state index in [0.29, 0.717) is 0 Å².